The zero-order valence-electron chi connectivity index (χ0n) is 13.9. The van der Waals surface area contributed by atoms with E-state index < -0.39 is 0 Å². The number of carbonyl (C=O) groups excluding carboxylic acids is 2. The molecule has 5 heteroatoms. The van der Waals surface area contributed by atoms with Gasteiger partial charge in [0.25, 0.3) is 11.8 Å². The van der Waals surface area contributed by atoms with Crippen LogP contribution < -0.4 is 10.6 Å². The molecule has 2 amide bonds. The number of halogens is 1. The first-order chi connectivity index (χ1) is 12.0. The molecule has 25 heavy (non-hydrogen) atoms. The third kappa shape index (κ3) is 3.21. The lowest BCUT2D eigenvalue weighted by molar-refractivity contribution is 0.0964. The van der Waals surface area contributed by atoms with Crippen molar-refractivity contribution in [2.45, 2.75) is 6.92 Å². The molecule has 0 fully saturated rings. The molecule has 0 aliphatic rings. The van der Waals surface area contributed by atoms with E-state index in [0.29, 0.717) is 27.8 Å². The van der Waals surface area contributed by atoms with E-state index in [2.05, 4.69) is 10.6 Å². The summed E-state index contributed by atoms with van der Waals surface area (Å²) in [4.78, 5) is 25.0. The Balaban J connectivity index is 2.08. The fourth-order valence-electron chi connectivity index (χ4n) is 2.81. The van der Waals surface area contributed by atoms with Crippen LogP contribution in [0.2, 0.25) is 0 Å². The Morgan fingerprint density at radius 2 is 1.56 bits per heavy atom. The minimum Gasteiger partial charge on any atom is -0.355 e. The van der Waals surface area contributed by atoms with Crippen molar-refractivity contribution in [1.82, 2.24) is 5.32 Å². The molecule has 0 saturated heterocycles. The second-order valence-corrected chi connectivity index (χ2v) is 5.70. The zero-order valence-corrected chi connectivity index (χ0v) is 13.9. The number of anilines is 1. The summed E-state index contributed by atoms with van der Waals surface area (Å²) in [5.41, 5.74) is 1.97. The molecule has 0 aliphatic heterocycles. The average molecular weight is 336 g/mol. The smallest absolute Gasteiger partial charge is 0.256 e. The Morgan fingerprint density at radius 3 is 2.16 bits per heavy atom. The first kappa shape index (κ1) is 16.6. The molecule has 0 unspecified atom stereocenters. The second kappa shape index (κ2) is 6.73. The maximum absolute atomic E-state index is 13.2. The number of benzene rings is 3. The van der Waals surface area contributed by atoms with Crippen LogP contribution in [-0.2, 0) is 0 Å². The van der Waals surface area contributed by atoms with E-state index in [1.807, 2.05) is 12.1 Å². The highest BCUT2D eigenvalue weighted by molar-refractivity contribution is 6.18. The van der Waals surface area contributed by atoms with Gasteiger partial charge in [-0.2, -0.15) is 0 Å². The summed E-state index contributed by atoms with van der Waals surface area (Å²) in [5.74, 6) is -0.969. The Kier molecular flexibility index (Phi) is 4.48. The molecule has 0 aromatic heterocycles. The summed E-state index contributed by atoms with van der Waals surface area (Å²) in [6.45, 7) is 1.72. The maximum atomic E-state index is 13.2. The number of aryl methyl sites for hydroxylation is 1. The van der Waals surface area contributed by atoms with Crippen molar-refractivity contribution in [3.63, 3.8) is 0 Å². The van der Waals surface area contributed by atoms with Crippen molar-refractivity contribution in [2.75, 3.05) is 12.4 Å². The lowest BCUT2D eigenvalue weighted by Crippen LogP contribution is -2.20. The number of hydrogen-bond donors (Lipinski definition) is 2. The highest BCUT2D eigenvalue weighted by atomic mass is 19.1. The molecule has 4 nitrogen and oxygen atoms in total. The minimum absolute atomic E-state index is 0.260. The van der Waals surface area contributed by atoms with Gasteiger partial charge in [0, 0.05) is 29.2 Å². The van der Waals surface area contributed by atoms with Crippen LogP contribution in [0.25, 0.3) is 10.8 Å². The average Bonchev–Trinajstić information content (AvgIpc) is 2.62. The Hall–Kier alpha value is -3.21. The summed E-state index contributed by atoms with van der Waals surface area (Å²) in [6, 6.07) is 14.8. The monoisotopic (exact) mass is 336 g/mol. The molecule has 126 valence electrons. The highest BCUT2D eigenvalue weighted by Gasteiger charge is 2.17. The SMILES string of the molecule is CNC(=O)c1cccc2cccc(C(=O)Nc3ccc(F)cc3C)c12. The Morgan fingerprint density at radius 1 is 0.920 bits per heavy atom. The summed E-state index contributed by atoms with van der Waals surface area (Å²) >= 11 is 0. The van der Waals surface area contributed by atoms with Crippen molar-refractivity contribution >= 4 is 28.3 Å². The lowest BCUT2D eigenvalue weighted by atomic mass is 9.98. The predicted molar refractivity (Wildman–Crippen MR) is 96.4 cm³/mol. The third-order valence-corrected chi connectivity index (χ3v) is 4.06. The van der Waals surface area contributed by atoms with E-state index in [-0.39, 0.29) is 17.6 Å². The molecule has 0 spiro atoms. The minimum atomic E-state index is -0.359. The maximum Gasteiger partial charge on any atom is 0.256 e. The lowest BCUT2D eigenvalue weighted by Gasteiger charge is -2.12. The number of nitrogens with one attached hydrogen (secondary N) is 2. The van der Waals surface area contributed by atoms with Gasteiger partial charge in [-0.15, -0.1) is 0 Å². The summed E-state index contributed by atoms with van der Waals surface area (Å²) in [7, 11) is 1.55. The van der Waals surface area contributed by atoms with Crippen LogP contribution in [0.5, 0.6) is 0 Å². The summed E-state index contributed by atoms with van der Waals surface area (Å²) in [6.07, 6.45) is 0. The van der Waals surface area contributed by atoms with E-state index in [0.717, 1.165) is 5.39 Å². The summed E-state index contributed by atoms with van der Waals surface area (Å²) in [5, 5.41) is 6.77. The van der Waals surface area contributed by atoms with Crippen LogP contribution in [0.3, 0.4) is 0 Å². The molecule has 3 aromatic carbocycles. The van der Waals surface area contributed by atoms with Gasteiger partial charge in [0.15, 0.2) is 0 Å². The van der Waals surface area contributed by atoms with Crippen molar-refractivity contribution in [3.05, 3.63) is 77.1 Å². The highest BCUT2D eigenvalue weighted by Crippen LogP contribution is 2.25. The molecule has 0 saturated carbocycles. The molecule has 3 aromatic rings. The van der Waals surface area contributed by atoms with Gasteiger partial charge in [0.1, 0.15) is 5.82 Å². The first-order valence-electron chi connectivity index (χ1n) is 7.82. The van der Waals surface area contributed by atoms with E-state index in [1.165, 1.54) is 18.2 Å². The van der Waals surface area contributed by atoms with Gasteiger partial charge >= 0.3 is 0 Å². The number of rotatable bonds is 3. The molecule has 0 radical (unpaired) electrons. The Labute approximate surface area is 144 Å². The van der Waals surface area contributed by atoms with Gasteiger partial charge < -0.3 is 10.6 Å². The third-order valence-electron chi connectivity index (χ3n) is 4.06. The molecule has 0 heterocycles. The topological polar surface area (TPSA) is 58.2 Å². The zero-order chi connectivity index (χ0) is 18.0. The van der Waals surface area contributed by atoms with Gasteiger partial charge in [0.2, 0.25) is 0 Å². The van der Waals surface area contributed by atoms with Gasteiger partial charge in [-0.1, -0.05) is 24.3 Å². The predicted octanol–water partition coefficient (Wildman–Crippen LogP) is 3.90. The summed E-state index contributed by atoms with van der Waals surface area (Å²) < 4.78 is 13.2. The van der Waals surface area contributed by atoms with Gasteiger partial charge in [-0.3, -0.25) is 9.59 Å². The van der Waals surface area contributed by atoms with E-state index in [4.69, 9.17) is 0 Å². The van der Waals surface area contributed by atoms with Crippen molar-refractivity contribution in [1.29, 1.82) is 0 Å². The quantitative estimate of drug-likeness (QED) is 0.762. The van der Waals surface area contributed by atoms with Crippen LogP contribution in [0.4, 0.5) is 10.1 Å². The van der Waals surface area contributed by atoms with Crippen LogP contribution in [0, 0.1) is 12.7 Å². The van der Waals surface area contributed by atoms with E-state index in [1.54, 1.807) is 38.2 Å². The van der Waals surface area contributed by atoms with Crippen molar-refractivity contribution in [3.8, 4) is 0 Å². The molecule has 2 N–H and O–H groups in total. The standard InChI is InChI=1S/C20H17FN2O2/c1-12-11-14(21)9-10-17(12)23-20(25)16-8-4-6-13-5-3-7-15(18(13)16)19(24)22-2/h3-11H,1-2H3,(H,22,24)(H,23,25). The van der Waals surface area contributed by atoms with E-state index >= 15 is 0 Å². The van der Waals surface area contributed by atoms with Gasteiger partial charge in [0.05, 0.1) is 0 Å². The molecule has 0 bridgehead atoms. The Bertz CT molecular complexity index is 977. The van der Waals surface area contributed by atoms with E-state index in [9.17, 15) is 14.0 Å². The van der Waals surface area contributed by atoms with Crippen LogP contribution in [0.1, 0.15) is 26.3 Å². The van der Waals surface area contributed by atoms with Gasteiger partial charge in [-0.25, -0.2) is 4.39 Å². The molecular formula is C20H17FN2O2. The molecular weight excluding hydrogens is 319 g/mol. The number of fused-ring (bicyclic) bond motifs is 1. The van der Waals surface area contributed by atoms with Crippen LogP contribution in [-0.4, -0.2) is 18.9 Å². The second-order valence-electron chi connectivity index (χ2n) is 5.70. The van der Waals surface area contributed by atoms with Crippen molar-refractivity contribution in [2.24, 2.45) is 0 Å². The largest absolute Gasteiger partial charge is 0.355 e. The van der Waals surface area contributed by atoms with Crippen molar-refractivity contribution < 1.29 is 14.0 Å². The molecule has 0 atom stereocenters. The first-order valence-corrected chi connectivity index (χ1v) is 7.82. The number of amides is 2. The fourth-order valence-corrected chi connectivity index (χ4v) is 2.81. The molecule has 3 rings (SSSR count). The van der Waals surface area contributed by atoms with Crippen LogP contribution in [0.15, 0.2) is 54.6 Å². The van der Waals surface area contributed by atoms with Crippen LogP contribution >= 0.6 is 0 Å². The number of carbonyl (C=O) groups is 2. The van der Waals surface area contributed by atoms with Gasteiger partial charge in [-0.05, 0) is 48.2 Å². The number of hydrogen-bond acceptors (Lipinski definition) is 2. The fraction of sp³-hybridized carbons (Fsp3) is 0.100. The molecule has 0 aliphatic carbocycles. The normalized spacial score (nSPS) is 10.5.